The van der Waals surface area contributed by atoms with Crippen LogP contribution in [-0.4, -0.2) is 16.8 Å². The summed E-state index contributed by atoms with van der Waals surface area (Å²) in [5.41, 5.74) is 0. The van der Waals surface area contributed by atoms with E-state index in [1.54, 1.807) is 0 Å². The molecule has 0 saturated heterocycles. The van der Waals surface area contributed by atoms with E-state index in [0.29, 0.717) is 5.92 Å². The summed E-state index contributed by atoms with van der Waals surface area (Å²) in [5, 5.41) is 0. The third-order valence-corrected chi connectivity index (χ3v) is 3.15. The Kier molecular flexibility index (Phi) is 5.08. The minimum atomic E-state index is -0.133. The Morgan fingerprint density at radius 1 is 1.38 bits per heavy atom. The third-order valence-electron chi connectivity index (χ3n) is 1.73. The Hall–Kier alpha value is 0.223. The van der Waals surface area contributed by atoms with Crippen LogP contribution in [-0.2, 0) is 20.4 Å². The first-order valence-corrected chi connectivity index (χ1v) is 7.54. The molecule has 0 aromatic carbocycles. The van der Waals surface area contributed by atoms with Crippen LogP contribution in [0, 0.1) is 5.92 Å². The fourth-order valence-electron chi connectivity index (χ4n) is 1.21. The predicted octanol–water partition coefficient (Wildman–Crippen LogP) is 2.56. The number of hydrogen-bond donors (Lipinski definition) is 0. The molecule has 1 aliphatic rings. The maximum absolute atomic E-state index is 5.76. The van der Waals surface area contributed by atoms with Crippen molar-refractivity contribution in [2.45, 2.75) is 26.1 Å². The Balaban J connectivity index is 2.59. The van der Waals surface area contributed by atoms with Gasteiger partial charge >= 0.3 is 91.0 Å². The molecule has 0 aromatic heterocycles. The first kappa shape index (κ1) is 11.3. The van der Waals surface area contributed by atoms with E-state index in [9.17, 15) is 0 Å². The Morgan fingerprint density at radius 2 is 2.08 bits per heavy atom. The first-order chi connectivity index (χ1) is 6.24. The van der Waals surface area contributed by atoms with Crippen molar-refractivity contribution in [3.8, 4) is 0 Å². The van der Waals surface area contributed by atoms with Gasteiger partial charge in [0.15, 0.2) is 0 Å². The van der Waals surface area contributed by atoms with Crippen molar-refractivity contribution in [2.24, 2.45) is 5.92 Å². The van der Waals surface area contributed by atoms with Gasteiger partial charge in [0.25, 0.3) is 0 Å². The van der Waals surface area contributed by atoms with E-state index in [1.165, 1.54) is 0 Å². The fourth-order valence-corrected chi connectivity index (χ4v) is 2.60. The zero-order valence-corrected chi connectivity index (χ0v) is 10.3. The summed E-state index contributed by atoms with van der Waals surface area (Å²) in [5.74, 6) is 0.364. The molecular weight excluding hydrogens is 273 g/mol. The van der Waals surface area contributed by atoms with Gasteiger partial charge in [-0.25, -0.2) is 0 Å². The van der Waals surface area contributed by atoms with E-state index in [2.05, 4.69) is 36.7 Å². The van der Waals surface area contributed by atoms with Gasteiger partial charge in [0.2, 0.25) is 0 Å². The van der Waals surface area contributed by atoms with E-state index < -0.39 is 0 Å². The zero-order chi connectivity index (χ0) is 9.68. The molecule has 13 heavy (non-hydrogen) atoms. The molecule has 0 aliphatic heterocycles. The van der Waals surface area contributed by atoms with Gasteiger partial charge in [-0.15, -0.1) is 0 Å². The van der Waals surface area contributed by atoms with E-state index in [0.717, 1.165) is 0 Å². The molecule has 0 radical (unpaired) electrons. The Bertz CT molecular complexity index is 233. The van der Waals surface area contributed by atoms with Crippen LogP contribution in [0.25, 0.3) is 0 Å². The average Bonchev–Trinajstić information content (AvgIpc) is 2.08. The first-order valence-electron chi connectivity index (χ1n) is 4.30. The quantitative estimate of drug-likeness (QED) is 0.725. The van der Waals surface area contributed by atoms with Crippen molar-refractivity contribution in [1.82, 2.24) is 0 Å². The number of allylic oxidation sites excluding steroid dienone is 2. The maximum atomic E-state index is 5.76. The summed E-state index contributed by atoms with van der Waals surface area (Å²) < 4.78 is 7.90. The number of ether oxygens (including phenoxy) is 1. The van der Waals surface area contributed by atoms with Gasteiger partial charge in [-0.1, -0.05) is 0 Å². The van der Waals surface area contributed by atoms with Gasteiger partial charge in [-0.2, -0.15) is 0 Å². The van der Waals surface area contributed by atoms with Crippen molar-refractivity contribution in [3.63, 3.8) is 0 Å². The SMILES string of the molecule is CC(C)OC1C=CC=CC1[CH]=[Ru][Cl]. The number of hydrogen-bond acceptors (Lipinski definition) is 1. The van der Waals surface area contributed by atoms with Gasteiger partial charge in [-0.3, -0.25) is 0 Å². The standard InChI is InChI=1S/C10H14O.ClH.Ru/c1-8(2)11-10-7-5-4-6-9(10)3;;/h3-10H,1-2H3;1H;/q;;+1/p-1. The van der Waals surface area contributed by atoms with Gasteiger partial charge in [0.05, 0.1) is 0 Å². The summed E-state index contributed by atoms with van der Waals surface area (Å²) in [4.78, 5) is 0. The number of rotatable bonds is 3. The summed E-state index contributed by atoms with van der Waals surface area (Å²) >= 11 is -0.133. The van der Waals surface area contributed by atoms with E-state index in [1.807, 2.05) is 6.08 Å². The molecule has 0 saturated carbocycles. The molecule has 3 heteroatoms. The van der Waals surface area contributed by atoms with Crippen molar-refractivity contribution in [3.05, 3.63) is 24.3 Å². The molecule has 1 aliphatic carbocycles. The molecule has 75 valence electrons. The molecule has 0 N–H and O–H groups in total. The van der Waals surface area contributed by atoms with Gasteiger partial charge in [-0.05, 0) is 0 Å². The van der Waals surface area contributed by atoms with Gasteiger partial charge in [0, 0.05) is 0 Å². The predicted molar refractivity (Wildman–Crippen MR) is 53.7 cm³/mol. The van der Waals surface area contributed by atoms with Crippen LogP contribution in [0.15, 0.2) is 24.3 Å². The van der Waals surface area contributed by atoms with E-state index >= 15 is 0 Å². The van der Waals surface area contributed by atoms with Crippen LogP contribution >= 0.6 is 9.69 Å². The fraction of sp³-hybridized carbons (Fsp3) is 0.500. The normalized spacial score (nSPS) is 28.3. The van der Waals surface area contributed by atoms with Crippen LogP contribution in [0.3, 0.4) is 0 Å². The third kappa shape index (κ3) is 3.85. The second-order valence-electron chi connectivity index (χ2n) is 3.19. The van der Waals surface area contributed by atoms with Crippen LogP contribution in [0.2, 0.25) is 0 Å². The van der Waals surface area contributed by atoms with Gasteiger partial charge < -0.3 is 0 Å². The Labute approximate surface area is 91.0 Å². The monoisotopic (exact) mass is 287 g/mol. The summed E-state index contributed by atoms with van der Waals surface area (Å²) in [6.45, 7) is 4.11. The second-order valence-corrected chi connectivity index (χ2v) is 5.06. The minimum absolute atomic E-state index is 0.133. The van der Waals surface area contributed by atoms with Crippen LogP contribution < -0.4 is 0 Å². The topological polar surface area (TPSA) is 9.23 Å². The molecule has 0 bridgehead atoms. The molecule has 0 amide bonds. The average molecular weight is 287 g/mol. The molecule has 0 spiro atoms. The van der Waals surface area contributed by atoms with Crippen molar-refractivity contribution >= 4 is 14.3 Å². The van der Waals surface area contributed by atoms with E-state index in [4.69, 9.17) is 14.4 Å². The molecule has 1 rings (SSSR count). The molecule has 0 fully saturated rings. The Morgan fingerprint density at radius 3 is 2.69 bits per heavy atom. The van der Waals surface area contributed by atoms with Crippen molar-refractivity contribution < 1.29 is 20.4 Å². The molecule has 0 heterocycles. The van der Waals surface area contributed by atoms with Crippen LogP contribution in [0.5, 0.6) is 0 Å². The zero-order valence-electron chi connectivity index (χ0n) is 7.76. The van der Waals surface area contributed by atoms with Crippen LogP contribution in [0.1, 0.15) is 13.8 Å². The van der Waals surface area contributed by atoms with Crippen LogP contribution in [0.4, 0.5) is 0 Å². The molecule has 2 unspecified atom stereocenters. The van der Waals surface area contributed by atoms with Crippen molar-refractivity contribution in [1.29, 1.82) is 0 Å². The summed E-state index contributed by atoms with van der Waals surface area (Å²) in [6.07, 6.45) is 8.76. The molecule has 0 aromatic rings. The molecular formula is C10H14ClORu. The second kappa shape index (κ2) is 5.85. The molecule has 2 atom stereocenters. The number of halogens is 1. The van der Waals surface area contributed by atoms with Gasteiger partial charge in [0.1, 0.15) is 0 Å². The molecule has 1 nitrogen and oxygen atoms in total. The summed E-state index contributed by atoms with van der Waals surface area (Å²) in [6, 6.07) is 0. The van der Waals surface area contributed by atoms with Crippen molar-refractivity contribution in [2.75, 3.05) is 0 Å². The summed E-state index contributed by atoms with van der Waals surface area (Å²) in [7, 11) is 5.76. The van der Waals surface area contributed by atoms with E-state index in [-0.39, 0.29) is 27.9 Å².